The Bertz CT molecular complexity index is 701. The SMILES string of the molecule is O=CCc1cccc2c1cnn2Cc1ccccc1. The van der Waals surface area contributed by atoms with Crippen molar-refractivity contribution in [2.24, 2.45) is 0 Å². The second-order valence-corrected chi connectivity index (χ2v) is 4.51. The fraction of sp³-hybridized carbons (Fsp3) is 0.125. The average molecular weight is 250 g/mol. The fourth-order valence-corrected chi connectivity index (χ4v) is 2.31. The summed E-state index contributed by atoms with van der Waals surface area (Å²) in [5.41, 5.74) is 3.32. The molecule has 1 aromatic heterocycles. The molecule has 0 unspecified atom stereocenters. The first kappa shape index (κ1) is 11.7. The lowest BCUT2D eigenvalue weighted by molar-refractivity contribution is -0.107. The summed E-state index contributed by atoms with van der Waals surface area (Å²) in [5.74, 6) is 0. The molecule has 3 rings (SSSR count). The number of carbonyl (C=O) groups is 1. The first-order valence-corrected chi connectivity index (χ1v) is 6.29. The number of benzene rings is 2. The summed E-state index contributed by atoms with van der Waals surface area (Å²) in [7, 11) is 0. The van der Waals surface area contributed by atoms with Crippen LogP contribution in [0.25, 0.3) is 10.9 Å². The molecule has 0 aliphatic carbocycles. The molecule has 1 heterocycles. The zero-order chi connectivity index (χ0) is 13.1. The molecule has 0 saturated heterocycles. The molecule has 3 heteroatoms. The monoisotopic (exact) mass is 250 g/mol. The van der Waals surface area contributed by atoms with Gasteiger partial charge in [0.2, 0.25) is 0 Å². The minimum atomic E-state index is 0.439. The van der Waals surface area contributed by atoms with E-state index in [1.807, 2.05) is 47.3 Å². The normalized spacial score (nSPS) is 10.7. The molecule has 0 spiro atoms. The Labute approximate surface area is 111 Å². The summed E-state index contributed by atoms with van der Waals surface area (Å²) >= 11 is 0. The second-order valence-electron chi connectivity index (χ2n) is 4.51. The highest BCUT2D eigenvalue weighted by Crippen LogP contribution is 2.19. The summed E-state index contributed by atoms with van der Waals surface area (Å²) in [6.45, 7) is 0.745. The van der Waals surface area contributed by atoms with E-state index in [9.17, 15) is 4.79 Å². The highest BCUT2D eigenvalue weighted by Gasteiger charge is 2.06. The molecule has 0 amide bonds. The minimum absolute atomic E-state index is 0.439. The summed E-state index contributed by atoms with van der Waals surface area (Å²) in [6, 6.07) is 16.2. The number of aromatic nitrogens is 2. The van der Waals surface area contributed by atoms with E-state index in [4.69, 9.17) is 0 Å². The molecule has 0 atom stereocenters. The van der Waals surface area contributed by atoms with Crippen molar-refractivity contribution < 1.29 is 4.79 Å². The molecule has 0 bridgehead atoms. The smallest absolute Gasteiger partial charge is 0.124 e. The molecule has 0 aliphatic rings. The maximum atomic E-state index is 10.7. The van der Waals surface area contributed by atoms with E-state index in [-0.39, 0.29) is 0 Å². The van der Waals surface area contributed by atoms with Crippen molar-refractivity contribution in [1.82, 2.24) is 9.78 Å². The van der Waals surface area contributed by atoms with Crippen molar-refractivity contribution in [1.29, 1.82) is 0 Å². The van der Waals surface area contributed by atoms with Crippen molar-refractivity contribution in [2.75, 3.05) is 0 Å². The number of carbonyl (C=O) groups excluding carboxylic acids is 1. The van der Waals surface area contributed by atoms with Crippen molar-refractivity contribution in [2.45, 2.75) is 13.0 Å². The van der Waals surface area contributed by atoms with Gasteiger partial charge in [-0.2, -0.15) is 5.10 Å². The van der Waals surface area contributed by atoms with Gasteiger partial charge in [-0.05, 0) is 17.2 Å². The third-order valence-corrected chi connectivity index (χ3v) is 3.26. The van der Waals surface area contributed by atoms with Gasteiger partial charge in [-0.3, -0.25) is 4.68 Å². The quantitative estimate of drug-likeness (QED) is 0.667. The van der Waals surface area contributed by atoms with Gasteiger partial charge in [0.1, 0.15) is 6.29 Å². The fourth-order valence-electron chi connectivity index (χ4n) is 2.31. The largest absolute Gasteiger partial charge is 0.303 e. The van der Waals surface area contributed by atoms with E-state index in [2.05, 4.69) is 17.2 Å². The summed E-state index contributed by atoms with van der Waals surface area (Å²) < 4.78 is 1.97. The number of aldehydes is 1. The number of fused-ring (bicyclic) bond motifs is 1. The molecule has 3 nitrogen and oxygen atoms in total. The van der Waals surface area contributed by atoms with E-state index < -0.39 is 0 Å². The van der Waals surface area contributed by atoms with Gasteiger partial charge in [0, 0.05) is 11.8 Å². The highest BCUT2D eigenvalue weighted by atomic mass is 16.1. The molecular formula is C16H14N2O. The van der Waals surface area contributed by atoms with Gasteiger partial charge in [-0.1, -0.05) is 42.5 Å². The van der Waals surface area contributed by atoms with Crippen LogP contribution in [0.4, 0.5) is 0 Å². The molecular weight excluding hydrogens is 236 g/mol. The van der Waals surface area contributed by atoms with Gasteiger partial charge in [-0.15, -0.1) is 0 Å². The Hall–Kier alpha value is -2.42. The molecule has 0 fully saturated rings. The van der Waals surface area contributed by atoms with E-state index in [1.54, 1.807) is 0 Å². The predicted molar refractivity (Wildman–Crippen MR) is 75.0 cm³/mol. The van der Waals surface area contributed by atoms with Crippen molar-refractivity contribution in [3.8, 4) is 0 Å². The van der Waals surface area contributed by atoms with Gasteiger partial charge in [0.05, 0.1) is 18.3 Å². The van der Waals surface area contributed by atoms with Crippen LogP contribution in [0.3, 0.4) is 0 Å². The predicted octanol–water partition coefficient (Wildman–Crippen LogP) is 2.83. The van der Waals surface area contributed by atoms with Crippen LogP contribution in [0, 0.1) is 0 Å². The second kappa shape index (κ2) is 5.06. The lowest BCUT2D eigenvalue weighted by Gasteiger charge is -2.04. The molecule has 0 saturated carbocycles. The molecule has 3 aromatic rings. The number of nitrogens with zero attached hydrogens (tertiary/aromatic N) is 2. The van der Waals surface area contributed by atoms with Crippen molar-refractivity contribution in [3.63, 3.8) is 0 Å². The van der Waals surface area contributed by atoms with Gasteiger partial charge in [0.15, 0.2) is 0 Å². The Morgan fingerprint density at radius 3 is 2.68 bits per heavy atom. The van der Waals surface area contributed by atoms with Crippen LogP contribution >= 0.6 is 0 Å². The maximum absolute atomic E-state index is 10.7. The molecule has 0 aliphatic heterocycles. The zero-order valence-corrected chi connectivity index (χ0v) is 10.5. The number of hydrogen-bond donors (Lipinski definition) is 0. The van der Waals surface area contributed by atoms with Crippen LogP contribution in [0.2, 0.25) is 0 Å². The van der Waals surface area contributed by atoms with E-state index >= 15 is 0 Å². The number of rotatable bonds is 4. The van der Waals surface area contributed by atoms with Gasteiger partial charge < -0.3 is 4.79 Å². The van der Waals surface area contributed by atoms with Crippen LogP contribution in [-0.4, -0.2) is 16.1 Å². The van der Waals surface area contributed by atoms with Crippen LogP contribution in [0.15, 0.2) is 54.7 Å². The lowest BCUT2D eigenvalue weighted by atomic mass is 10.1. The van der Waals surface area contributed by atoms with E-state index in [1.165, 1.54) is 5.56 Å². The summed E-state index contributed by atoms with van der Waals surface area (Å²) in [5, 5.41) is 5.49. The lowest BCUT2D eigenvalue weighted by Crippen LogP contribution is -2.01. The topological polar surface area (TPSA) is 34.9 Å². The van der Waals surface area contributed by atoms with Crippen molar-refractivity contribution >= 4 is 17.2 Å². The maximum Gasteiger partial charge on any atom is 0.124 e. The van der Waals surface area contributed by atoms with Crippen molar-refractivity contribution in [3.05, 3.63) is 65.9 Å². The Balaban J connectivity index is 2.01. The highest BCUT2D eigenvalue weighted by molar-refractivity contribution is 5.84. The van der Waals surface area contributed by atoms with Gasteiger partial charge >= 0.3 is 0 Å². The molecule has 94 valence electrons. The van der Waals surface area contributed by atoms with Crippen LogP contribution in [0.5, 0.6) is 0 Å². The first-order chi connectivity index (χ1) is 9.38. The first-order valence-electron chi connectivity index (χ1n) is 6.29. The minimum Gasteiger partial charge on any atom is -0.303 e. The third-order valence-electron chi connectivity index (χ3n) is 3.26. The standard InChI is InChI=1S/C16H14N2O/c19-10-9-14-7-4-8-16-15(14)11-17-18(16)12-13-5-2-1-3-6-13/h1-8,10-11H,9,12H2. The Kier molecular flexibility index (Phi) is 3.11. The van der Waals surface area contributed by atoms with Crippen LogP contribution in [0.1, 0.15) is 11.1 Å². The number of hydrogen-bond acceptors (Lipinski definition) is 2. The van der Waals surface area contributed by atoms with E-state index in [0.717, 1.165) is 29.3 Å². The molecule has 19 heavy (non-hydrogen) atoms. The molecule has 0 radical (unpaired) electrons. The van der Waals surface area contributed by atoms with E-state index in [0.29, 0.717) is 6.42 Å². The third kappa shape index (κ3) is 2.27. The van der Waals surface area contributed by atoms with Gasteiger partial charge in [0.25, 0.3) is 0 Å². The average Bonchev–Trinajstić information content (AvgIpc) is 2.85. The van der Waals surface area contributed by atoms with Crippen LogP contribution in [-0.2, 0) is 17.8 Å². The zero-order valence-electron chi connectivity index (χ0n) is 10.5. The molecule has 2 aromatic carbocycles. The Morgan fingerprint density at radius 1 is 1.05 bits per heavy atom. The summed E-state index contributed by atoms with van der Waals surface area (Å²) in [6.07, 6.45) is 3.22. The van der Waals surface area contributed by atoms with Crippen LogP contribution < -0.4 is 0 Å². The van der Waals surface area contributed by atoms with Gasteiger partial charge in [-0.25, -0.2) is 0 Å². The molecule has 0 N–H and O–H groups in total. The Morgan fingerprint density at radius 2 is 1.89 bits per heavy atom. The summed E-state index contributed by atoms with van der Waals surface area (Å²) in [4.78, 5) is 10.7.